The van der Waals surface area contributed by atoms with Crippen molar-refractivity contribution in [3.8, 4) is 11.8 Å². The minimum atomic E-state index is -0.126. The van der Waals surface area contributed by atoms with E-state index in [1.807, 2.05) is 6.92 Å². The van der Waals surface area contributed by atoms with Crippen LogP contribution in [0.15, 0.2) is 38.0 Å². The van der Waals surface area contributed by atoms with E-state index in [2.05, 4.69) is 31.6 Å². The first-order chi connectivity index (χ1) is 9.21. The largest absolute Gasteiger partial charge is 0.369 e. The molecule has 0 rings (SSSR count). The predicted octanol–water partition coefficient (Wildman–Crippen LogP) is 2.56. The lowest BCUT2D eigenvalue weighted by atomic mass is 10.1. The van der Waals surface area contributed by atoms with Crippen LogP contribution in [-0.2, 0) is 9.53 Å². The Labute approximate surface area is 116 Å². The fourth-order valence-electron chi connectivity index (χ4n) is 1.58. The molecule has 0 N–H and O–H groups in total. The van der Waals surface area contributed by atoms with E-state index in [4.69, 9.17) is 4.74 Å². The quantitative estimate of drug-likeness (QED) is 0.276. The Morgan fingerprint density at radius 1 is 1.26 bits per heavy atom. The van der Waals surface area contributed by atoms with Gasteiger partial charge in [-0.25, -0.2) is 0 Å². The Balaban J connectivity index is 4.70. The second kappa shape index (κ2) is 11.3. The maximum absolute atomic E-state index is 11.9. The van der Waals surface area contributed by atoms with Gasteiger partial charge in [-0.15, -0.1) is 13.2 Å². The van der Waals surface area contributed by atoms with Crippen LogP contribution in [0.4, 0.5) is 0 Å². The van der Waals surface area contributed by atoms with Gasteiger partial charge in [0.1, 0.15) is 6.61 Å². The summed E-state index contributed by atoms with van der Waals surface area (Å²) in [5, 5.41) is 0. The first-order valence-corrected chi connectivity index (χ1v) is 6.39. The molecule has 1 amide bonds. The van der Waals surface area contributed by atoms with Gasteiger partial charge in [0, 0.05) is 12.6 Å². The Hall–Kier alpha value is -1.79. The molecule has 0 aliphatic rings. The second-order valence-corrected chi connectivity index (χ2v) is 3.86. The van der Waals surface area contributed by atoms with Crippen molar-refractivity contribution in [3.05, 3.63) is 38.0 Å². The monoisotopic (exact) mass is 261 g/mol. The SMILES string of the molecule is C=CCC(CC=C)N(CC#CCOCC)C(=O)C=C. The van der Waals surface area contributed by atoms with Crippen molar-refractivity contribution in [1.82, 2.24) is 4.90 Å². The fourth-order valence-corrected chi connectivity index (χ4v) is 1.58. The minimum absolute atomic E-state index is 0.0295. The van der Waals surface area contributed by atoms with E-state index >= 15 is 0 Å². The summed E-state index contributed by atoms with van der Waals surface area (Å²) in [7, 11) is 0. The van der Waals surface area contributed by atoms with E-state index in [0.717, 1.165) is 0 Å². The molecule has 0 aliphatic heterocycles. The Bertz CT molecular complexity index is 353. The number of hydrogen-bond donors (Lipinski definition) is 0. The lowest BCUT2D eigenvalue weighted by molar-refractivity contribution is -0.127. The van der Waals surface area contributed by atoms with Crippen LogP contribution in [0.3, 0.4) is 0 Å². The molecule has 19 heavy (non-hydrogen) atoms. The van der Waals surface area contributed by atoms with Gasteiger partial charge < -0.3 is 9.64 Å². The molecule has 0 saturated carbocycles. The van der Waals surface area contributed by atoms with Crippen LogP contribution in [0.5, 0.6) is 0 Å². The normalized spacial score (nSPS) is 9.37. The number of amides is 1. The Kier molecular flexibility index (Phi) is 10.2. The molecule has 0 aromatic rings. The first-order valence-electron chi connectivity index (χ1n) is 6.39. The molecule has 0 saturated heterocycles. The van der Waals surface area contributed by atoms with E-state index in [1.54, 1.807) is 17.1 Å². The number of ether oxygens (including phenoxy) is 1. The highest BCUT2D eigenvalue weighted by atomic mass is 16.5. The van der Waals surface area contributed by atoms with Crippen LogP contribution in [0.1, 0.15) is 19.8 Å². The molecule has 0 unspecified atom stereocenters. The lowest BCUT2D eigenvalue weighted by Gasteiger charge is -2.27. The molecule has 3 heteroatoms. The summed E-state index contributed by atoms with van der Waals surface area (Å²) in [6.07, 6.45) is 6.32. The highest BCUT2D eigenvalue weighted by Crippen LogP contribution is 2.10. The Morgan fingerprint density at radius 3 is 2.37 bits per heavy atom. The molecule has 0 aromatic heterocycles. The predicted molar refractivity (Wildman–Crippen MR) is 79.6 cm³/mol. The molecular formula is C16H23NO2. The average molecular weight is 261 g/mol. The third-order valence-corrected chi connectivity index (χ3v) is 2.53. The van der Waals surface area contributed by atoms with E-state index in [-0.39, 0.29) is 11.9 Å². The van der Waals surface area contributed by atoms with Crippen molar-refractivity contribution in [2.24, 2.45) is 0 Å². The molecule has 3 nitrogen and oxygen atoms in total. The highest BCUT2D eigenvalue weighted by Gasteiger charge is 2.18. The molecule has 0 radical (unpaired) electrons. The zero-order valence-electron chi connectivity index (χ0n) is 11.7. The summed E-state index contributed by atoms with van der Waals surface area (Å²) < 4.78 is 5.13. The number of carbonyl (C=O) groups excluding carboxylic acids is 1. The first kappa shape index (κ1) is 17.2. The van der Waals surface area contributed by atoms with E-state index in [9.17, 15) is 4.79 Å². The smallest absolute Gasteiger partial charge is 0.247 e. The number of hydrogen-bond acceptors (Lipinski definition) is 2. The van der Waals surface area contributed by atoms with E-state index < -0.39 is 0 Å². The fraction of sp³-hybridized carbons (Fsp3) is 0.438. The standard InChI is InChI=1S/C16H23NO2/c1-5-11-15(12-6-2)17(16(18)7-3)13-9-10-14-19-8-4/h5-7,15H,1-3,8,11-14H2,4H3. The minimum Gasteiger partial charge on any atom is -0.369 e. The van der Waals surface area contributed by atoms with Crippen LogP contribution < -0.4 is 0 Å². The highest BCUT2D eigenvalue weighted by molar-refractivity contribution is 5.87. The van der Waals surface area contributed by atoms with Gasteiger partial charge >= 0.3 is 0 Å². The zero-order valence-corrected chi connectivity index (χ0v) is 11.7. The van der Waals surface area contributed by atoms with Gasteiger partial charge in [0.05, 0.1) is 6.54 Å². The number of nitrogens with zero attached hydrogens (tertiary/aromatic N) is 1. The van der Waals surface area contributed by atoms with Gasteiger partial charge in [0.15, 0.2) is 0 Å². The van der Waals surface area contributed by atoms with Gasteiger partial charge in [-0.2, -0.15) is 0 Å². The van der Waals surface area contributed by atoms with Gasteiger partial charge in [0.25, 0.3) is 0 Å². The van der Waals surface area contributed by atoms with Crippen molar-refractivity contribution in [1.29, 1.82) is 0 Å². The number of rotatable bonds is 9. The van der Waals surface area contributed by atoms with Crippen molar-refractivity contribution >= 4 is 5.91 Å². The summed E-state index contributed by atoms with van der Waals surface area (Å²) in [6, 6.07) is 0.0295. The summed E-state index contributed by atoms with van der Waals surface area (Å²) in [5.41, 5.74) is 0. The molecular weight excluding hydrogens is 238 g/mol. The van der Waals surface area contributed by atoms with Crippen molar-refractivity contribution in [3.63, 3.8) is 0 Å². The van der Waals surface area contributed by atoms with Crippen LogP contribution in [0.25, 0.3) is 0 Å². The molecule has 0 spiro atoms. The molecule has 0 aromatic carbocycles. The van der Waals surface area contributed by atoms with Gasteiger partial charge in [-0.05, 0) is 25.8 Å². The maximum atomic E-state index is 11.9. The summed E-state index contributed by atoms with van der Waals surface area (Å²) in [5.74, 6) is 5.70. The molecule has 0 heterocycles. The lowest BCUT2D eigenvalue weighted by Crippen LogP contribution is -2.39. The molecule has 0 atom stereocenters. The molecule has 0 aliphatic carbocycles. The van der Waals surface area contributed by atoms with Crippen LogP contribution >= 0.6 is 0 Å². The average Bonchev–Trinajstić information content (AvgIpc) is 2.42. The zero-order chi connectivity index (χ0) is 14.5. The third-order valence-electron chi connectivity index (χ3n) is 2.53. The topological polar surface area (TPSA) is 29.5 Å². The van der Waals surface area contributed by atoms with Crippen LogP contribution in [-0.4, -0.2) is 36.6 Å². The van der Waals surface area contributed by atoms with Crippen molar-refractivity contribution in [2.75, 3.05) is 19.8 Å². The molecule has 104 valence electrons. The van der Waals surface area contributed by atoms with Gasteiger partial charge in [0.2, 0.25) is 5.91 Å². The van der Waals surface area contributed by atoms with E-state index in [1.165, 1.54) is 6.08 Å². The van der Waals surface area contributed by atoms with E-state index in [0.29, 0.717) is 32.6 Å². The third kappa shape index (κ3) is 7.28. The summed E-state index contributed by atoms with van der Waals surface area (Å²) in [4.78, 5) is 13.6. The maximum Gasteiger partial charge on any atom is 0.247 e. The Morgan fingerprint density at radius 2 is 1.89 bits per heavy atom. The number of carbonyl (C=O) groups is 1. The van der Waals surface area contributed by atoms with Crippen LogP contribution in [0, 0.1) is 11.8 Å². The van der Waals surface area contributed by atoms with Crippen LogP contribution in [0.2, 0.25) is 0 Å². The molecule has 0 fully saturated rings. The summed E-state index contributed by atoms with van der Waals surface area (Å²) in [6.45, 7) is 14.3. The van der Waals surface area contributed by atoms with Crippen molar-refractivity contribution in [2.45, 2.75) is 25.8 Å². The van der Waals surface area contributed by atoms with Crippen molar-refractivity contribution < 1.29 is 9.53 Å². The van der Waals surface area contributed by atoms with Gasteiger partial charge in [-0.3, -0.25) is 4.79 Å². The summed E-state index contributed by atoms with van der Waals surface area (Å²) >= 11 is 0. The molecule has 0 bridgehead atoms. The second-order valence-electron chi connectivity index (χ2n) is 3.86. The van der Waals surface area contributed by atoms with Gasteiger partial charge in [-0.1, -0.05) is 30.6 Å².